The van der Waals surface area contributed by atoms with Gasteiger partial charge in [-0.05, 0) is 44.4 Å². The zero-order valence-corrected chi connectivity index (χ0v) is 13.1. The fourth-order valence-corrected chi connectivity index (χ4v) is 3.20. The van der Waals surface area contributed by atoms with Gasteiger partial charge in [-0.15, -0.1) is 0 Å². The van der Waals surface area contributed by atoms with Crippen LogP contribution < -0.4 is 0 Å². The van der Waals surface area contributed by atoms with Crippen LogP contribution in [0.15, 0.2) is 0 Å². The number of epoxide rings is 1. The maximum absolute atomic E-state index is 9.05. The van der Waals surface area contributed by atoms with E-state index in [1.54, 1.807) is 0 Å². The molecule has 2 saturated heterocycles. The van der Waals surface area contributed by atoms with E-state index >= 15 is 0 Å². The highest BCUT2D eigenvalue weighted by Gasteiger charge is 2.49. The second-order valence-electron chi connectivity index (χ2n) is 6.81. The van der Waals surface area contributed by atoms with Gasteiger partial charge in [0.1, 0.15) is 0 Å². The topological polar surface area (TPSA) is 62.2 Å². The van der Waals surface area contributed by atoms with E-state index in [-0.39, 0.29) is 6.10 Å². The fraction of sp³-hybridized carbons (Fsp3) is 1.00. The average molecular weight is 286 g/mol. The molecule has 1 saturated carbocycles. The minimum Gasteiger partial charge on any atom is -0.378 e. The summed E-state index contributed by atoms with van der Waals surface area (Å²) in [6.07, 6.45) is 7.83. The third-order valence-corrected chi connectivity index (χ3v) is 5.30. The molecule has 0 aromatic rings. The first-order valence-electron chi connectivity index (χ1n) is 8.11. The van der Waals surface area contributed by atoms with Crippen molar-refractivity contribution in [3.05, 3.63) is 0 Å². The summed E-state index contributed by atoms with van der Waals surface area (Å²) in [5, 5.41) is 18.1. The van der Waals surface area contributed by atoms with E-state index in [1.807, 2.05) is 0 Å². The minimum absolute atomic E-state index is 0.147. The van der Waals surface area contributed by atoms with Crippen molar-refractivity contribution in [2.75, 3.05) is 6.61 Å². The normalized spacial score (nSPS) is 37.4. The van der Waals surface area contributed by atoms with Gasteiger partial charge in [0.25, 0.3) is 0 Å². The van der Waals surface area contributed by atoms with Crippen LogP contribution in [-0.4, -0.2) is 40.9 Å². The maximum atomic E-state index is 9.05. The summed E-state index contributed by atoms with van der Waals surface area (Å²) in [5.74, 6) is -1.43. The molecule has 0 spiro atoms. The number of hydrogen-bond acceptors (Lipinski definition) is 4. The van der Waals surface area contributed by atoms with Crippen molar-refractivity contribution in [2.24, 2.45) is 5.41 Å². The zero-order chi connectivity index (χ0) is 14.8. The molecule has 1 aliphatic carbocycles. The minimum atomic E-state index is -1.43. The van der Waals surface area contributed by atoms with E-state index in [1.165, 1.54) is 25.7 Å². The molecule has 0 aromatic carbocycles. The highest BCUT2D eigenvalue weighted by molar-refractivity contribution is 4.94. The summed E-state index contributed by atoms with van der Waals surface area (Å²) < 4.78 is 10.8. The molecule has 3 atom stereocenters. The van der Waals surface area contributed by atoms with Gasteiger partial charge in [-0.1, -0.05) is 13.8 Å². The Hall–Kier alpha value is -0.160. The largest absolute Gasteiger partial charge is 0.378 e. The van der Waals surface area contributed by atoms with Crippen molar-refractivity contribution in [1.82, 2.24) is 0 Å². The molecule has 4 heteroatoms. The van der Waals surface area contributed by atoms with Gasteiger partial charge in [0.05, 0.1) is 24.9 Å². The molecule has 0 bridgehead atoms. The molecule has 0 amide bonds. The number of hydrogen-bond donors (Lipinski definition) is 2. The van der Waals surface area contributed by atoms with E-state index in [2.05, 4.69) is 20.8 Å². The molecule has 118 valence electrons. The SMILES string of the molecule is CCC1(CC)CCC(C)OC1.OC1(O)CCC2OC2C1. The van der Waals surface area contributed by atoms with Crippen LogP contribution in [-0.2, 0) is 9.47 Å². The Balaban J connectivity index is 0.000000149. The van der Waals surface area contributed by atoms with E-state index in [4.69, 9.17) is 19.7 Å². The third-order valence-electron chi connectivity index (χ3n) is 5.30. The highest BCUT2D eigenvalue weighted by atomic mass is 16.6. The Bertz CT molecular complexity index is 302. The average Bonchev–Trinajstić information content (AvgIpc) is 3.18. The molecule has 2 N–H and O–H groups in total. The van der Waals surface area contributed by atoms with E-state index in [0.29, 0.717) is 30.5 Å². The maximum Gasteiger partial charge on any atom is 0.165 e. The number of aliphatic hydroxyl groups is 2. The Kier molecular flexibility index (Phi) is 5.11. The zero-order valence-electron chi connectivity index (χ0n) is 13.1. The molecule has 2 aliphatic heterocycles. The lowest BCUT2D eigenvalue weighted by Crippen LogP contribution is -2.33. The Morgan fingerprint density at radius 3 is 2.20 bits per heavy atom. The smallest absolute Gasteiger partial charge is 0.165 e. The van der Waals surface area contributed by atoms with Gasteiger partial charge >= 0.3 is 0 Å². The fourth-order valence-electron chi connectivity index (χ4n) is 3.20. The van der Waals surface area contributed by atoms with Gasteiger partial charge in [0.2, 0.25) is 0 Å². The second kappa shape index (κ2) is 6.30. The molecular weight excluding hydrogens is 256 g/mol. The van der Waals surface area contributed by atoms with Crippen LogP contribution in [0.1, 0.15) is 65.7 Å². The number of fused-ring (bicyclic) bond motifs is 1. The van der Waals surface area contributed by atoms with Crippen LogP contribution in [0.5, 0.6) is 0 Å². The van der Waals surface area contributed by atoms with Gasteiger partial charge in [-0.25, -0.2) is 0 Å². The summed E-state index contributed by atoms with van der Waals surface area (Å²) in [7, 11) is 0. The monoisotopic (exact) mass is 286 g/mol. The Morgan fingerprint density at radius 2 is 1.75 bits per heavy atom. The third kappa shape index (κ3) is 4.17. The molecule has 4 nitrogen and oxygen atoms in total. The molecule has 3 rings (SSSR count). The first-order valence-corrected chi connectivity index (χ1v) is 8.11. The van der Waals surface area contributed by atoms with Crippen molar-refractivity contribution in [1.29, 1.82) is 0 Å². The van der Waals surface area contributed by atoms with Crippen molar-refractivity contribution in [2.45, 2.75) is 89.8 Å². The Labute approximate surface area is 122 Å². The molecule has 0 aromatic heterocycles. The number of ether oxygens (including phenoxy) is 2. The molecule has 3 aliphatic rings. The summed E-state index contributed by atoms with van der Waals surface area (Å²) >= 11 is 0. The van der Waals surface area contributed by atoms with Crippen LogP contribution in [0.4, 0.5) is 0 Å². The summed E-state index contributed by atoms with van der Waals surface area (Å²) in [4.78, 5) is 0. The van der Waals surface area contributed by atoms with Crippen molar-refractivity contribution in [3.63, 3.8) is 0 Å². The first kappa shape index (κ1) is 16.2. The molecule has 0 radical (unpaired) electrons. The number of rotatable bonds is 2. The molecule has 2 heterocycles. The van der Waals surface area contributed by atoms with Gasteiger partial charge in [-0.2, -0.15) is 0 Å². The van der Waals surface area contributed by atoms with Gasteiger partial charge in [0.15, 0.2) is 5.79 Å². The predicted octanol–water partition coefficient (Wildman–Crippen LogP) is 2.61. The lowest BCUT2D eigenvalue weighted by Gasteiger charge is -2.38. The van der Waals surface area contributed by atoms with E-state index in [9.17, 15) is 0 Å². The molecular formula is C16H30O4. The van der Waals surface area contributed by atoms with Crippen LogP contribution in [0.3, 0.4) is 0 Å². The van der Waals surface area contributed by atoms with Gasteiger partial charge < -0.3 is 19.7 Å². The van der Waals surface area contributed by atoms with Gasteiger partial charge in [0, 0.05) is 12.8 Å². The van der Waals surface area contributed by atoms with E-state index < -0.39 is 5.79 Å². The van der Waals surface area contributed by atoms with E-state index in [0.717, 1.165) is 13.0 Å². The quantitative estimate of drug-likeness (QED) is 0.605. The van der Waals surface area contributed by atoms with Crippen LogP contribution in [0, 0.1) is 5.41 Å². The van der Waals surface area contributed by atoms with Crippen molar-refractivity contribution < 1.29 is 19.7 Å². The first-order chi connectivity index (χ1) is 9.40. The van der Waals surface area contributed by atoms with Crippen LogP contribution in [0.25, 0.3) is 0 Å². The summed E-state index contributed by atoms with van der Waals surface area (Å²) in [6, 6.07) is 0. The summed E-state index contributed by atoms with van der Waals surface area (Å²) in [5.41, 5.74) is 0.520. The lowest BCUT2D eigenvalue weighted by molar-refractivity contribution is -0.176. The molecule has 20 heavy (non-hydrogen) atoms. The lowest BCUT2D eigenvalue weighted by atomic mass is 9.77. The van der Waals surface area contributed by atoms with Gasteiger partial charge in [-0.3, -0.25) is 0 Å². The second-order valence-corrected chi connectivity index (χ2v) is 6.81. The van der Waals surface area contributed by atoms with Crippen LogP contribution in [0.2, 0.25) is 0 Å². The van der Waals surface area contributed by atoms with Crippen molar-refractivity contribution >= 4 is 0 Å². The molecule has 3 fully saturated rings. The Morgan fingerprint density at radius 1 is 1.05 bits per heavy atom. The summed E-state index contributed by atoms with van der Waals surface area (Å²) in [6.45, 7) is 7.72. The standard InChI is InChI=1S/C10H20O.C6H10O3/c1-4-10(5-2)7-6-9(3)11-8-10;7-6(8)2-1-4-5(3-6)9-4/h9H,4-8H2,1-3H3;4-5,7-8H,1-3H2. The predicted molar refractivity (Wildman–Crippen MR) is 77.3 cm³/mol. The van der Waals surface area contributed by atoms with Crippen LogP contribution >= 0.6 is 0 Å². The highest BCUT2D eigenvalue weighted by Crippen LogP contribution is 2.40. The molecule has 3 unspecified atom stereocenters. The van der Waals surface area contributed by atoms with Crippen molar-refractivity contribution in [3.8, 4) is 0 Å².